The number of likely N-dealkylation sites (tertiary alicyclic amines) is 1. The second-order valence-corrected chi connectivity index (χ2v) is 5.47. The van der Waals surface area contributed by atoms with E-state index < -0.39 is 0 Å². The summed E-state index contributed by atoms with van der Waals surface area (Å²) < 4.78 is 13.0. The molecule has 0 unspecified atom stereocenters. The molecule has 1 heterocycles. The zero-order valence-corrected chi connectivity index (χ0v) is 12.1. The third kappa shape index (κ3) is 4.30. The van der Waals surface area contributed by atoms with E-state index >= 15 is 0 Å². The summed E-state index contributed by atoms with van der Waals surface area (Å²) >= 11 is 0. The van der Waals surface area contributed by atoms with Gasteiger partial charge in [0.25, 0.3) is 5.91 Å². The number of piperidine rings is 1. The van der Waals surface area contributed by atoms with Crippen LogP contribution in [0.5, 0.6) is 0 Å². The van der Waals surface area contributed by atoms with Crippen molar-refractivity contribution in [2.45, 2.75) is 32.6 Å². The zero-order chi connectivity index (χ0) is 14.4. The first-order valence-corrected chi connectivity index (χ1v) is 7.43. The van der Waals surface area contributed by atoms with Crippen LogP contribution in [0.1, 0.15) is 41.6 Å². The number of carbonyl (C=O) groups is 1. The van der Waals surface area contributed by atoms with Crippen molar-refractivity contribution in [3.63, 3.8) is 0 Å². The molecular weight excluding hydrogens is 255 g/mol. The molecule has 1 aliphatic heterocycles. The summed E-state index contributed by atoms with van der Waals surface area (Å²) in [5.41, 5.74) is 1.24. The fraction of sp³-hybridized carbons (Fsp3) is 0.562. The van der Waals surface area contributed by atoms with Crippen LogP contribution in [0, 0.1) is 12.7 Å². The molecule has 0 atom stereocenters. The van der Waals surface area contributed by atoms with E-state index in [0.717, 1.165) is 13.0 Å². The molecule has 2 rings (SSSR count). The first kappa shape index (κ1) is 15.0. The summed E-state index contributed by atoms with van der Waals surface area (Å²) in [6, 6.07) is 4.27. The van der Waals surface area contributed by atoms with E-state index in [4.69, 9.17) is 0 Å². The largest absolute Gasteiger partial charge is 0.352 e. The van der Waals surface area contributed by atoms with Gasteiger partial charge in [0, 0.05) is 12.1 Å². The quantitative estimate of drug-likeness (QED) is 0.840. The summed E-state index contributed by atoms with van der Waals surface area (Å²) in [7, 11) is 0. The Bertz CT molecular complexity index is 456. The highest BCUT2D eigenvalue weighted by molar-refractivity contribution is 5.95. The van der Waals surface area contributed by atoms with E-state index in [1.165, 1.54) is 44.5 Å². The van der Waals surface area contributed by atoms with Gasteiger partial charge >= 0.3 is 0 Å². The van der Waals surface area contributed by atoms with E-state index in [1.807, 2.05) is 0 Å². The van der Waals surface area contributed by atoms with Crippen molar-refractivity contribution in [2.75, 3.05) is 26.2 Å². The molecule has 0 aromatic heterocycles. The molecule has 1 fully saturated rings. The lowest BCUT2D eigenvalue weighted by Gasteiger charge is -2.26. The van der Waals surface area contributed by atoms with Gasteiger partial charge in [-0.05, 0) is 69.6 Å². The molecule has 1 amide bonds. The number of hydrogen-bond acceptors (Lipinski definition) is 2. The van der Waals surface area contributed by atoms with Crippen LogP contribution in [0.2, 0.25) is 0 Å². The van der Waals surface area contributed by atoms with E-state index in [9.17, 15) is 9.18 Å². The molecule has 1 aromatic carbocycles. The maximum absolute atomic E-state index is 13.0. The second-order valence-electron chi connectivity index (χ2n) is 5.47. The molecule has 110 valence electrons. The van der Waals surface area contributed by atoms with Gasteiger partial charge in [-0.2, -0.15) is 0 Å². The van der Waals surface area contributed by atoms with Crippen LogP contribution >= 0.6 is 0 Å². The third-order valence-electron chi connectivity index (χ3n) is 3.82. The number of amides is 1. The van der Waals surface area contributed by atoms with Gasteiger partial charge in [-0.25, -0.2) is 4.39 Å². The van der Waals surface area contributed by atoms with Crippen molar-refractivity contribution in [1.29, 1.82) is 0 Å². The Morgan fingerprint density at radius 3 is 2.75 bits per heavy atom. The summed E-state index contributed by atoms with van der Waals surface area (Å²) in [5, 5.41) is 2.91. The molecule has 1 aromatic rings. The van der Waals surface area contributed by atoms with Crippen LogP contribution in [0.4, 0.5) is 4.39 Å². The lowest BCUT2D eigenvalue weighted by atomic mass is 10.1. The minimum absolute atomic E-state index is 0.110. The van der Waals surface area contributed by atoms with Crippen molar-refractivity contribution in [1.82, 2.24) is 10.2 Å². The van der Waals surface area contributed by atoms with Gasteiger partial charge in [-0.1, -0.05) is 6.42 Å². The fourth-order valence-electron chi connectivity index (χ4n) is 2.66. The Hall–Kier alpha value is -1.42. The minimum Gasteiger partial charge on any atom is -0.352 e. The Morgan fingerprint density at radius 1 is 1.30 bits per heavy atom. The van der Waals surface area contributed by atoms with Crippen LogP contribution in [0.25, 0.3) is 0 Å². The summed E-state index contributed by atoms with van der Waals surface area (Å²) in [6.45, 7) is 5.84. The predicted molar refractivity (Wildman–Crippen MR) is 78.4 cm³/mol. The van der Waals surface area contributed by atoms with Crippen molar-refractivity contribution < 1.29 is 9.18 Å². The van der Waals surface area contributed by atoms with E-state index in [1.54, 1.807) is 13.0 Å². The standard InChI is InChI=1S/C16H23FN2O/c1-13-12-14(17)6-7-15(13)16(20)18-8-5-11-19-9-3-2-4-10-19/h6-7,12H,2-5,8-11H2,1H3,(H,18,20). The van der Waals surface area contributed by atoms with E-state index in [0.29, 0.717) is 17.7 Å². The van der Waals surface area contributed by atoms with Gasteiger partial charge in [-0.15, -0.1) is 0 Å². The molecular formula is C16H23FN2O. The SMILES string of the molecule is Cc1cc(F)ccc1C(=O)NCCCN1CCCCC1. The van der Waals surface area contributed by atoms with E-state index in [-0.39, 0.29) is 11.7 Å². The Kier molecular flexibility index (Phi) is 5.53. The topological polar surface area (TPSA) is 32.3 Å². The van der Waals surface area contributed by atoms with Crippen LogP contribution in [-0.4, -0.2) is 37.0 Å². The molecule has 0 saturated carbocycles. The number of rotatable bonds is 5. The summed E-state index contributed by atoms with van der Waals surface area (Å²) in [5.74, 6) is -0.412. The van der Waals surface area contributed by atoms with Gasteiger partial charge in [-0.3, -0.25) is 4.79 Å². The molecule has 4 heteroatoms. The van der Waals surface area contributed by atoms with Crippen molar-refractivity contribution in [3.8, 4) is 0 Å². The lowest BCUT2D eigenvalue weighted by molar-refractivity contribution is 0.0950. The Balaban J connectivity index is 1.72. The monoisotopic (exact) mass is 278 g/mol. The molecule has 1 aliphatic rings. The highest BCUT2D eigenvalue weighted by Gasteiger charge is 2.11. The maximum atomic E-state index is 13.0. The highest BCUT2D eigenvalue weighted by Crippen LogP contribution is 2.10. The summed E-state index contributed by atoms with van der Waals surface area (Å²) in [4.78, 5) is 14.4. The normalized spacial score (nSPS) is 16.1. The number of halogens is 1. The highest BCUT2D eigenvalue weighted by atomic mass is 19.1. The van der Waals surface area contributed by atoms with Gasteiger partial charge in [0.2, 0.25) is 0 Å². The van der Waals surface area contributed by atoms with Crippen LogP contribution in [0.3, 0.4) is 0 Å². The molecule has 0 radical (unpaired) electrons. The molecule has 1 saturated heterocycles. The Labute approximate surface area is 120 Å². The first-order chi connectivity index (χ1) is 9.66. The first-order valence-electron chi connectivity index (χ1n) is 7.43. The van der Waals surface area contributed by atoms with E-state index in [2.05, 4.69) is 10.2 Å². The molecule has 0 spiro atoms. The minimum atomic E-state index is -0.302. The lowest BCUT2D eigenvalue weighted by Crippen LogP contribution is -2.33. The summed E-state index contributed by atoms with van der Waals surface area (Å²) in [6.07, 6.45) is 4.89. The maximum Gasteiger partial charge on any atom is 0.251 e. The number of nitrogens with zero attached hydrogens (tertiary/aromatic N) is 1. The third-order valence-corrected chi connectivity index (χ3v) is 3.82. The number of carbonyl (C=O) groups excluding carboxylic acids is 1. The molecule has 0 aliphatic carbocycles. The van der Waals surface area contributed by atoms with Gasteiger partial charge in [0.05, 0.1) is 0 Å². The van der Waals surface area contributed by atoms with Crippen LogP contribution in [0.15, 0.2) is 18.2 Å². The Morgan fingerprint density at radius 2 is 2.05 bits per heavy atom. The van der Waals surface area contributed by atoms with Crippen molar-refractivity contribution >= 4 is 5.91 Å². The molecule has 1 N–H and O–H groups in total. The van der Waals surface area contributed by atoms with Gasteiger partial charge in [0.1, 0.15) is 5.82 Å². The number of nitrogens with one attached hydrogen (secondary N) is 1. The molecule has 3 nitrogen and oxygen atoms in total. The van der Waals surface area contributed by atoms with Crippen LogP contribution in [-0.2, 0) is 0 Å². The molecule has 0 bridgehead atoms. The number of hydrogen-bond donors (Lipinski definition) is 1. The van der Waals surface area contributed by atoms with Gasteiger partial charge in [0.15, 0.2) is 0 Å². The van der Waals surface area contributed by atoms with Crippen LogP contribution < -0.4 is 5.32 Å². The average molecular weight is 278 g/mol. The average Bonchev–Trinajstić information content (AvgIpc) is 2.44. The fourth-order valence-corrected chi connectivity index (χ4v) is 2.66. The number of benzene rings is 1. The number of aryl methyl sites for hydroxylation is 1. The molecule has 20 heavy (non-hydrogen) atoms. The van der Waals surface area contributed by atoms with Gasteiger partial charge < -0.3 is 10.2 Å². The van der Waals surface area contributed by atoms with Crippen molar-refractivity contribution in [2.24, 2.45) is 0 Å². The second kappa shape index (κ2) is 7.39. The predicted octanol–water partition coefficient (Wildman–Crippen LogP) is 2.74. The zero-order valence-electron chi connectivity index (χ0n) is 12.1. The smallest absolute Gasteiger partial charge is 0.251 e. The van der Waals surface area contributed by atoms with Crippen molar-refractivity contribution in [3.05, 3.63) is 35.1 Å².